The van der Waals surface area contributed by atoms with E-state index < -0.39 is 28.5 Å². The Bertz CT molecular complexity index is 1470. The van der Waals surface area contributed by atoms with Gasteiger partial charge in [0.05, 0.1) is 10.6 Å². The lowest BCUT2D eigenvalue weighted by Gasteiger charge is -2.33. The van der Waals surface area contributed by atoms with Crippen molar-refractivity contribution >= 4 is 50.7 Å². The second kappa shape index (κ2) is 13.5. The summed E-state index contributed by atoms with van der Waals surface area (Å²) >= 11 is 12.5. The summed E-state index contributed by atoms with van der Waals surface area (Å²) in [5.41, 5.74) is 2.49. The fraction of sp³-hybridized carbons (Fsp3) is 0.333. The second-order valence-electron chi connectivity index (χ2n) is 9.87. The minimum absolute atomic E-state index is 0.0179. The maximum absolute atomic E-state index is 14.1. The largest absolute Gasteiger partial charge is 0.352 e. The van der Waals surface area contributed by atoms with Crippen LogP contribution in [0.1, 0.15) is 43.9 Å². The van der Waals surface area contributed by atoms with Crippen LogP contribution in [0.15, 0.2) is 71.6 Å². The van der Waals surface area contributed by atoms with E-state index in [4.69, 9.17) is 23.2 Å². The zero-order valence-electron chi connectivity index (χ0n) is 23.3. The molecule has 0 aliphatic rings. The standard InChI is InChI=1S/C30H35Cl2N3O4S/c1-6-22(4)33-30(37)23(5)34(18-24-14-15-25(31)17-27(24)32)29(36)19-35(28-16-20(2)12-13-21(28)3)40(38,39)26-10-8-7-9-11-26/h7-17,22-23H,6,18-19H2,1-5H3,(H,33,37)/t22-,23+/m1/s1. The Kier molecular flexibility index (Phi) is 10.6. The Morgan fingerprint density at radius 2 is 1.62 bits per heavy atom. The van der Waals surface area contributed by atoms with Crippen LogP contribution in [0, 0.1) is 13.8 Å². The number of hydrogen-bond acceptors (Lipinski definition) is 4. The summed E-state index contributed by atoms with van der Waals surface area (Å²) in [5, 5.41) is 3.68. The fourth-order valence-electron chi connectivity index (χ4n) is 4.10. The molecule has 0 fully saturated rings. The smallest absolute Gasteiger partial charge is 0.264 e. The van der Waals surface area contributed by atoms with E-state index in [0.717, 1.165) is 9.87 Å². The quantitative estimate of drug-likeness (QED) is 0.285. The minimum atomic E-state index is -4.14. The monoisotopic (exact) mass is 603 g/mol. The maximum Gasteiger partial charge on any atom is 0.264 e. The van der Waals surface area contributed by atoms with Crippen LogP contribution in [0.5, 0.6) is 0 Å². The topological polar surface area (TPSA) is 86.8 Å². The van der Waals surface area contributed by atoms with Crippen LogP contribution in [0.25, 0.3) is 0 Å². The highest BCUT2D eigenvalue weighted by atomic mass is 35.5. The van der Waals surface area contributed by atoms with Gasteiger partial charge in [-0.1, -0.05) is 66.5 Å². The van der Waals surface area contributed by atoms with Crippen LogP contribution < -0.4 is 9.62 Å². The number of anilines is 1. The Balaban J connectivity index is 2.08. The molecular weight excluding hydrogens is 569 g/mol. The molecular formula is C30H35Cl2N3O4S. The maximum atomic E-state index is 14.1. The summed E-state index contributed by atoms with van der Waals surface area (Å²) in [7, 11) is -4.14. The van der Waals surface area contributed by atoms with Crippen molar-refractivity contribution in [3.05, 3.63) is 93.5 Å². The summed E-state index contributed by atoms with van der Waals surface area (Å²) < 4.78 is 29.0. The van der Waals surface area contributed by atoms with E-state index in [1.165, 1.54) is 17.0 Å². The highest BCUT2D eigenvalue weighted by Gasteiger charge is 2.33. The Morgan fingerprint density at radius 1 is 0.950 bits per heavy atom. The van der Waals surface area contributed by atoms with Gasteiger partial charge in [-0.15, -0.1) is 0 Å². The molecule has 2 amide bonds. The molecule has 0 aliphatic carbocycles. The van der Waals surface area contributed by atoms with Gasteiger partial charge in [-0.05, 0) is 81.1 Å². The van der Waals surface area contributed by atoms with Gasteiger partial charge in [0.15, 0.2) is 0 Å². The van der Waals surface area contributed by atoms with Gasteiger partial charge in [0.25, 0.3) is 10.0 Å². The predicted molar refractivity (Wildman–Crippen MR) is 161 cm³/mol. The molecule has 0 saturated carbocycles. The third-order valence-corrected chi connectivity index (χ3v) is 9.13. The van der Waals surface area contributed by atoms with Crippen LogP contribution in [-0.2, 0) is 26.2 Å². The predicted octanol–water partition coefficient (Wildman–Crippen LogP) is 6.14. The van der Waals surface area contributed by atoms with Crippen LogP contribution in [-0.4, -0.2) is 43.8 Å². The summed E-state index contributed by atoms with van der Waals surface area (Å²) in [6.07, 6.45) is 0.713. The number of nitrogens with zero attached hydrogens (tertiary/aromatic N) is 2. The van der Waals surface area contributed by atoms with E-state index in [1.807, 2.05) is 32.9 Å². The number of carbonyl (C=O) groups is 2. The molecule has 0 saturated heterocycles. The zero-order chi connectivity index (χ0) is 29.6. The van der Waals surface area contributed by atoms with Crippen molar-refractivity contribution in [3.8, 4) is 0 Å². The summed E-state index contributed by atoms with van der Waals surface area (Å²) in [4.78, 5) is 28.6. The number of rotatable bonds is 11. The summed E-state index contributed by atoms with van der Waals surface area (Å²) in [6, 6.07) is 17.3. The number of aryl methyl sites for hydroxylation is 2. The number of carbonyl (C=O) groups excluding carboxylic acids is 2. The van der Waals surface area contributed by atoms with Crippen molar-refractivity contribution < 1.29 is 18.0 Å². The molecule has 7 nitrogen and oxygen atoms in total. The Morgan fingerprint density at radius 3 is 2.25 bits per heavy atom. The van der Waals surface area contributed by atoms with Crippen molar-refractivity contribution in [1.82, 2.24) is 10.2 Å². The summed E-state index contributed by atoms with van der Waals surface area (Å²) in [5.74, 6) is -0.907. The SMILES string of the molecule is CC[C@@H](C)NC(=O)[C@H](C)N(Cc1ccc(Cl)cc1Cl)C(=O)CN(c1cc(C)ccc1C)S(=O)(=O)c1ccccc1. The first-order chi connectivity index (χ1) is 18.8. The van der Waals surface area contributed by atoms with E-state index >= 15 is 0 Å². The normalized spacial score (nSPS) is 12.9. The van der Waals surface area contributed by atoms with Gasteiger partial charge in [0.1, 0.15) is 12.6 Å². The van der Waals surface area contributed by atoms with Gasteiger partial charge < -0.3 is 10.2 Å². The molecule has 3 aromatic carbocycles. The van der Waals surface area contributed by atoms with Crippen molar-refractivity contribution in [2.75, 3.05) is 10.8 Å². The number of hydrogen-bond donors (Lipinski definition) is 1. The van der Waals surface area contributed by atoms with Gasteiger partial charge >= 0.3 is 0 Å². The molecule has 3 aromatic rings. The molecule has 0 radical (unpaired) electrons. The van der Waals surface area contributed by atoms with Gasteiger partial charge in [-0.2, -0.15) is 0 Å². The van der Waals surface area contributed by atoms with Crippen molar-refractivity contribution in [3.63, 3.8) is 0 Å². The second-order valence-corrected chi connectivity index (χ2v) is 12.6. The van der Waals surface area contributed by atoms with E-state index in [0.29, 0.717) is 33.3 Å². The molecule has 0 aromatic heterocycles. The molecule has 0 spiro atoms. The van der Waals surface area contributed by atoms with Crippen LogP contribution >= 0.6 is 23.2 Å². The average molecular weight is 605 g/mol. The lowest BCUT2D eigenvalue weighted by atomic mass is 10.1. The number of benzene rings is 3. The summed E-state index contributed by atoms with van der Waals surface area (Å²) in [6.45, 7) is 8.55. The number of amides is 2. The highest BCUT2D eigenvalue weighted by molar-refractivity contribution is 7.92. The number of nitrogens with one attached hydrogen (secondary N) is 1. The average Bonchev–Trinajstić information content (AvgIpc) is 2.92. The molecule has 10 heteroatoms. The van der Waals surface area contributed by atoms with Gasteiger partial charge in [-0.25, -0.2) is 8.42 Å². The van der Waals surface area contributed by atoms with Crippen molar-refractivity contribution in [1.29, 1.82) is 0 Å². The molecule has 2 atom stereocenters. The Hall–Kier alpha value is -3.07. The lowest BCUT2D eigenvalue weighted by Crippen LogP contribution is -2.52. The lowest BCUT2D eigenvalue weighted by molar-refractivity contribution is -0.139. The highest BCUT2D eigenvalue weighted by Crippen LogP contribution is 2.29. The van der Waals surface area contributed by atoms with E-state index in [2.05, 4.69) is 5.32 Å². The van der Waals surface area contributed by atoms with Crippen molar-refractivity contribution in [2.24, 2.45) is 0 Å². The fourth-order valence-corrected chi connectivity index (χ4v) is 6.06. The first-order valence-corrected chi connectivity index (χ1v) is 15.2. The first kappa shape index (κ1) is 31.5. The molecule has 40 heavy (non-hydrogen) atoms. The number of sulfonamides is 1. The molecule has 0 bridgehead atoms. The molecule has 0 unspecified atom stereocenters. The third-order valence-electron chi connectivity index (χ3n) is 6.77. The van der Waals surface area contributed by atoms with Crippen molar-refractivity contribution in [2.45, 2.75) is 64.6 Å². The molecule has 214 valence electrons. The van der Waals surface area contributed by atoms with Gasteiger partial charge in [-0.3, -0.25) is 13.9 Å². The van der Waals surface area contributed by atoms with E-state index in [1.54, 1.807) is 56.3 Å². The van der Waals surface area contributed by atoms with Crippen LogP contribution in [0.4, 0.5) is 5.69 Å². The minimum Gasteiger partial charge on any atom is -0.352 e. The molecule has 3 rings (SSSR count). The van der Waals surface area contributed by atoms with Crippen LogP contribution in [0.3, 0.4) is 0 Å². The third kappa shape index (κ3) is 7.56. The van der Waals surface area contributed by atoms with E-state index in [9.17, 15) is 18.0 Å². The molecule has 0 aliphatic heterocycles. The molecule has 0 heterocycles. The van der Waals surface area contributed by atoms with E-state index in [-0.39, 0.29) is 23.4 Å². The number of halogens is 2. The van der Waals surface area contributed by atoms with Crippen LogP contribution in [0.2, 0.25) is 10.0 Å². The zero-order valence-corrected chi connectivity index (χ0v) is 25.6. The first-order valence-electron chi connectivity index (χ1n) is 13.0. The van der Waals surface area contributed by atoms with Gasteiger partial charge in [0.2, 0.25) is 11.8 Å². The molecule has 1 N–H and O–H groups in total. The van der Waals surface area contributed by atoms with Gasteiger partial charge in [0, 0.05) is 22.6 Å². The Labute approximate surface area is 247 Å².